The number of carbonyl (C=O) groups is 2. The molecule has 0 N–H and O–H groups in total. The topological polar surface area (TPSA) is 54.8 Å². The van der Waals surface area contributed by atoms with E-state index in [0.29, 0.717) is 44.5 Å². The Bertz CT molecular complexity index is 920. The molecule has 6 heteroatoms. The molecule has 1 aromatic carbocycles. The highest BCUT2D eigenvalue weighted by Gasteiger charge is 2.29. The maximum Gasteiger partial charge on any atom is 0.260 e. The molecule has 1 saturated heterocycles. The Morgan fingerprint density at radius 1 is 1.00 bits per heavy atom. The van der Waals surface area contributed by atoms with Gasteiger partial charge in [-0.05, 0) is 51.8 Å². The van der Waals surface area contributed by atoms with Crippen LogP contribution in [-0.2, 0) is 4.79 Å². The Kier molecular flexibility index (Phi) is 5.95. The van der Waals surface area contributed by atoms with E-state index in [-0.39, 0.29) is 18.3 Å². The summed E-state index contributed by atoms with van der Waals surface area (Å²) in [6, 6.07) is 10.3. The molecule has 2 aromatic rings. The fourth-order valence-corrected chi connectivity index (χ4v) is 4.27. The summed E-state index contributed by atoms with van der Waals surface area (Å²) in [5.41, 5.74) is 4.29. The van der Waals surface area contributed by atoms with Gasteiger partial charge in [0.2, 0.25) is 0 Å². The number of hydrogen-bond acceptors (Lipinski definition) is 4. The fourth-order valence-electron chi connectivity index (χ4n) is 4.27. The second kappa shape index (κ2) is 8.64. The molecule has 0 bridgehead atoms. The van der Waals surface area contributed by atoms with Crippen LogP contribution in [0.3, 0.4) is 0 Å². The zero-order valence-corrected chi connectivity index (χ0v) is 18.2. The summed E-state index contributed by atoms with van der Waals surface area (Å²) >= 11 is 0. The maximum absolute atomic E-state index is 12.9. The van der Waals surface area contributed by atoms with Gasteiger partial charge < -0.3 is 14.2 Å². The number of benzene rings is 1. The molecule has 1 aliphatic carbocycles. The molecule has 1 saturated carbocycles. The summed E-state index contributed by atoms with van der Waals surface area (Å²) in [4.78, 5) is 29.3. The van der Waals surface area contributed by atoms with E-state index < -0.39 is 0 Å². The number of amides is 1. The molecule has 0 radical (unpaired) electrons. The van der Waals surface area contributed by atoms with Crippen molar-refractivity contribution in [1.82, 2.24) is 14.4 Å². The van der Waals surface area contributed by atoms with Gasteiger partial charge in [-0.15, -0.1) is 0 Å². The molecule has 1 aromatic heterocycles. The largest absolute Gasteiger partial charge is 0.484 e. The maximum atomic E-state index is 12.9. The Balaban J connectivity index is 1.25. The van der Waals surface area contributed by atoms with Crippen LogP contribution in [0.5, 0.6) is 5.75 Å². The Labute approximate surface area is 178 Å². The van der Waals surface area contributed by atoms with Gasteiger partial charge in [-0.25, -0.2) is 0 Å². The summed E-state index contributed by atoms with van der Waals surface area (Å²) in [5.74, 6) is 0.883. The predicted octanol–water partition coefficient (Wildman–Crippen LogP) is 3.15. The molecule has 30 heavy (non-hydrogen) atoms. The third-order valence-electron chi connectivity index (χ3n) is 6.17. The third kappa shape index (κ3) is 4.59. The van der Waals surface area contributed by atoms with Gasteiger partial charge in [0.1, 0.15) is 5.75 Å². The van der Waals surface area contributed by atoms with Crippen LogP contribution in [-0.4, -0.2) is 65.4 Å². The number of aryl methyl sites for hydroxylation is 2. The van der Waals surface area contributed by atoms with E-state index in [1.807, 2.05) is 42.2 Å². The van der Waals surface area contributed by atoms with E-state index in [1.54, 1.807) is 0 Å². The summed E-state index contributed by atoms with van der Waals surface area (Å²) < 4.78 is 7.93. The fraction of sp³-hybridized carbons (Fsp3) is 0.500. The van der Waals surface area contributed by atoms with Gasteiger partial charge in [-0.1, -0.05) is 17.7 Å². The van der Waals surface area contributed by atoms with Crippen LogP contribution in [0.25, 0.3) is 0 Å². The second-order valence-electron chi connectivity index (χ2n) is 8.57. The first-order valence-corrected chi connectivity index (χ1v) is 10.8. The van der Waals surface area contributed by atoms with Crippen LogP contribution in [0.4, 0.5) is 0 Å². The lowest BCUT2D eigenvalue weighted by molar-refractivity contribution is -0.135. The molecule has 6 nitrogen and oxygen atoms in total. The van der Waals surface area contributed by atoms with Gasteiger partial charge in [0.25, 0.3) is 5.91 Å². The molecule has 0 atom stereocenters. The van der Waals surface area contributed by atoms with Crippen molar-refractivity contribution in [2.45, 2.75) is 39.7 Å². The van der Waals surface area contributed by atoms with Crippen molar-refractivity contribution in [3.63, 3.8) is 0 Å². The Hall–Kier alpha value is -2.60. The lowest BCUT2D eigenvalue weighted by Gasteiger charge is -2.34. The number of Topliss-reactive ketones (excluding diaryl/α,β-unsaturated/α-hetero) is 1. The van der Waals surface area contributed by atoms with Crippen LogP contribution in [0, 0.1) is 20.8 Å². The number of carbonyl (C=O) groups excluding carboxylic acids is 2. The summed E-state index contributed by atoms with van der Waals surface area (Å²) in [6.07, 6.45) is 2.43. The van der Waals surface area contributed by atoms with Gasteiger partial charge in [0.15, 0.2) is 12.4 Å². The molecule has 1 amide bonds. The van der Waals surface area contributed by atoms with Crippen LogP contribution in [0.1, 0.15) is 46.2 Å². The first-order chi connectivity index (χ1) is 14.4. The lowest BCUT2D eigenvalue weighted by atomic mass is 10.1. The van der Waals surface area contributed by atoms with Crippen molar-refractivity contribution in [2.75, 3.05) is 39.3 Å². The minimum absolute atomic E-state index is 0.00506. The van der Waals surface area contributed by atoms with Crippen molar-refractivity contribution < 1.29 is 14.3 Å². The average molecular weight is 410 g/mol. The van der Waals surface area contributed by atoms with E-state index >= 15 is 0 Å². The van der Waals surface area contributed by atoms with Gasteiger partial charge in [-0.2, -0.15) is 0 Å². The molecule has 1 aliphatic heterocycles. The molecule has 2 aliphatic rings. The van der Waals surface area contributed by atoms with Crippen molar-refractivity contribution in [2.24, 2.45) is 0 Å². The third-order valence-corrected chi connectivity index (χ3v) is 6.17. The Morgan fingerprint density at radius 2 is 1.67 bits per heavy atom. The van der Waals surface area contributed by atoms with E-state index in [0.717, 1.165) is 16.8 Å². The number of rotatable bonds is 7. The van der Waals surface area contributed by atoms with Gasteiger partial charge in [0, 0.05) is 49.2 Å². The van der Waals surface area contributed by atoms with Crippen LogP contribution in [0.2, 0.25) is 0 Å². The average Bonchev–Trinajstić information content (AvgIpc) is 3.52. The van der Waals surface area contributed by atoms with Crippen LogP contribution < -0.4 is 4.74 Å². The minimum Gasteiger partial charge on any atom is -0.484 e. The SMILES string of the molecule is Cc1ccc(OCC(=O)N2CCN(CC(=O)c3cc(C)n(C4CC4)c3C)CC2)cc1. The number of ether oxygens (including phenoxy) is 1. The van der Waals surface area contributed by atoms with Gasteiger partial charge >= 0.3 is 0 Å². The monoisotopic (exact) mass is 409 g/mol. The molecule has 2 heterocycles. The molecule has 4 rings (SSSR count). The van der Waals surface area contributed by atoms with Crippen molar-refractivity contribution in [3.8, 4) is 5.75 Å². The minimum atomic E-state index is -0.00506. The standard InChI is InChI=1S/C24H31N3O3/c1-17-4-8-21(9-5-17)30-16-24(29)26-12-10-25(11-13-26)15-23(28)22-14-18(2)27(19(22)3)20-6-7-20/h4-5,8-9,14,20H,6-7,10-13,15-16H2,1-3H3. The smallest absolute Gasteiger partial charge is 0.260 e. The quantitative estimate of drug-likeness (QED) is 0.659. The predicted molar refractivity (Wildman–Crippen MR) is 116 cm³/mol. The Morgan fingerprint density at radius 3 is 2.30 bits per heavy atom. The van der Waals surface area contributed by atoms with E-state index in [2.05, 4.69) is 23.3 Å². The van der Waals surface area contributed by atoms with Crippen LogP contribution in [0.15, 0.2) is 30.3 Å². The van der Waals surface area contributed by atoms with Gasteiger partial charge in [-0.3, -0.25) is 14.5 Å². The summed E-state index contributed by atoms with van der Waals surface area (Å²) in [6.45, 7) is 9.31. The highest BCUT2D eigenvalue weighted by molar-refractivity contribution is 5.99. The van der Waals surface area contributed by atoms with Crippen molar-refractivity contribution >= 4 is 11.7 Å². The molecule has 0 unspecified atom stereocenters. The molecular weight excluding hydrogens is 378 g/mol. The molecular formula is C24H31N3O3. The number of hydrogen-bond donors (Lipinski definition) is 0. The van der Waals surface area contributed by atoms with Crippen molar-refractivity contribution in [3.05, 3.63) is 52.8 Å². The van der Waals surface area contributed by atoms with E-state index in [1.165, 1.54) is 18.5 Å². The lowest BCUT2D eigenvalue weighted by Crippen LogP contribution is -2.51. The summed E-state index contributed by atoms with van der Waals surface area (Å²) in [7, 11) is 0. The van der Waals surface area contributed by atoms with Crippen molar-refractivity contribution in [1.29, 1.82) is 0 Å². The normalized spacial score (nSPS) is 17.2. The highest BCUT2D eigenvalue weighted by Crippen LogP contribution is 2.38. The first-order valence-electron chi connectivity index (χ1n) is 10.8. The van der Waals surface area contributed by atoms with E-state index in [4.69, 9.17) is 4.74 Å². The molecule has 0 spiro atoms. The highest BCUT2D eigenvalue weighted by atomic mass is 16.5. The number of nitrogens with zero attached hydrogens (tertiary/aromatic N) is 3. The molecule has 160 valence electrons. The van der Waals surface area contributed by atoms with Gasteiger partial charge in [0.05, 0.1) is 6.54 Å². The summed E-state index contributed by atoms with van der Waals surface area (Å²) in [5, 5.41) is 0. The zero-order valence-electron chi connectivity index (χ0n) is 18.2. The second-order valence-corrected chi connectivity index (χ2v) is 8.57. The molecule has 2 fully saturated rings. The zero-order chi connectivity index (χ0) is 21.3. The number of aromatic nitrogens is 1. The number of piperazine rings is 1. The first kappa shape index (κ1) is 20.7. The van der Waals surface area contributed by atoms with E-state index in [9.17, 15) is 9.59 Å². The number of ketones is 1. The van der Waals surface area contributed by atoms with Crippen LogP contribution >= 0.6 is 0 Å².